The maximum atomic E-state index is 2.39. The monoisotopic (exact) mass is 402 g/mol. The van der Waals surface area contributed by atoms with Gasteiger partial charge in [0.1, 0.15) is 0 Å². The van der Waals surface area contributed by atoms with Crippen LogP contribution in [0, 0.1) is 0 Å². The molecule has 3 rings (SSSR count). The lowest BCUT2D eigenvalue weighted by Gasteiger charge is -2.09. The molecular weight excluding hydrogens is 360 g/mol. The van der Waals surface area contributed by atoms with Crippen LogP contribution in [0.1, 0.15) is 102 Å². The molecule has 0 aliphatic heterocycles. The molecule has 0 spiro atoms. The first-order chi connectivity index (χ1) is 14.9. The van der Waals surface area contributed by atoms with Crippen LogP contribution in [0.5, 0.6) is 0 Å². The Hall–Kier alpha value is -1.82. The van der Waals surface area contributed by atoms with Gasteiger partial charge in [0.25, 0.3) is 0 Å². The van der Waals surface area contributed by atoms with Crippen LogP contribution in [-0.4, -0.2) is 0 Å². The van der Waals surface area contributed by atoms with Gasteiger partial charge in [0.05, 0.1) is 0 Å². The SMILES string of the molecule is CCCCCCCCCCCCCCCCc1cccc2cc3ccccc3cc12. The van der Waals surface area contributed by atoms with Crippen molar-refractivity contribution in [2.24, 2.45) is 0 Å². The van der Waals surface area contributed by atoms with Gasteiger partial charge in [-0.1, -0.05) is 133 Å². The normalized spacial score (nSPS) is 11.5. The molecule has 0 heterocycles. The van der Waals surface area contributed by atoms with Gasteiger partial charge in [0.15, 0.2) is 0 Å². The summed E-state index contributed by atoms with van der Waals surface area (Å²) >= 11 is 0. The van der Waals surface area contributed by atoms with Gasteiger partial charge in [0, 0.05) is 0 Å². The maximum absolute atomic E-state index is 2.39. The van der Waals surface area contributed by atoms with Gasteiger partial charge in [-0.2, -0.15) is 0 Å². The zero-order valence-corrected chi connectivity index (χ0v) is 19.3. The second-order valence-corrected chi connectivity index (χ2v) is 9.18. The Morgan fingerprint density at radius 2 is 0.967 bits per heavy atom. The van der Waals surface area contributed by atoms with Crippen LogP contribution in [0.3, 0.4) is 0 Å². The number of aryl methyl sites for hydroxylation is 1. The van der Waals surface area contributed by atoms with E-state index in [9.17, 15) is 0 Å². The molecule has 0 unspecified atom stereocenters. The summed E-state index contributed by atoms with van der Waals surface area (Å²) in [5.41, 5.74) is 1.53. The number of hydrogen-bond donors (Lipinski definition) is 0. The van der Waals surface area contributed by atoms with E-state index in [2.05, 4.69) is 61.5 Å². The van der Waals surface area contributed by atoms with Gasteiger partial charge >= 0.3 is 0 Å². The van der Waals surface area contributed by atoms with Gasteiger partial charge in [0.2, 0.25) is 0 Å². The van der Waals surface area contributed by atoms with Crippen molar-refractivity contribution in [3.05, 3.63) is 60.2 Å². The molecule has 0 amide bonds. The molecule has 0 fully saturated rings. The minimum atomic E-state index is 1.22. The van der Waals surface area contributed by atoms with Crippen LogP contribution in [0.25, 0.3) is 21.5 Å². The molecule has 0 aliphatic carbocycles. The van der Waals surface area contributed by atoms with E-state index in [0.717, 1.165) is 0 Å². The van der Waals surface area contributed by atoms with E-state index in [0.29, 0.717) is 0 Å². The first-order valence-corrected chi connectivity index (χ1v) is 12.8. The summed E-state index contributed by atoms with van der Waals surface area (Å²) in [4.78, 5) is 0. The zero-order valence-electron chi connectivity index (χ0n) is 19.3. The highest BCUT2D eigenvalue weighted by Gasteiger charge is 2.03. The average molecular weight is 403 g/mol. The molecular formula is C30H42. The Bertz CT molecular complexity index is 860. The van der Waals surface area contributed by atoms with E-state index in [1.165, 1.54) is 123 Å². The van der Waals surface area contributed by atoms with Crippen LogP contribution < -0.4 is 0 Å². The van der Waals surface area contributed by atoms with E-state index in [1.54, 1.807) is 0 Å². The van der Waals surface area contributed by atoms with Crippen LogP contribution in [0.4, 0.5) is 0 Å². The van der Waals surface area contributed by atoms with Gasteiger partial charge in [-0.3, -0.25) is 0 Å². The lowest BCUT2D eigenvalue weighted by Crippen LogP contribution is -1.89. The molecule has 0 saturated heterocycles. The number of unbranched alkanes of at least 4 members (excludes halogenated alkanes) is 13. The van der Waals surface area contributed by atoms with E-state index in [-0.39, 0.29) is 0 Å². The molecule has 0 radical (unpaired) electrons. The Labute approximate surface area is 185 Å². The van der Waals surface area contributed by atoms with E-state index in [1.807, 2.05) is 0 Å². The van der Waals surface area contributed by atoms with E-state index in [4.69, 9.17) is 0 Å². The molecule has 0 bridgehead atoms. The van der Waals surface area contributed by atoms with E-state index < -0.39 is 0 Å². The number of benzene rings is 3. The number of rotatable bonds is 15. The average Bonchev–Trinajstić information content (AvgIpc) is 2.78. The minimum Gasteiger partial charge on any atom is -0.0654 e. The summed E-state index contributed by atoms with van der Waals surface area (Å²) in [5.74, 6) is 0. The van der Waals surface area contributed by atoms with Crippen LogP contribution >= 0.6 is 0 Å². The largest absolute Gasteiger partial charge is 0.0654 e. The topological polar surface area (TPSA) is 0 Å². The van der Waals surface area contributed by atoms with Gasteiger partial charge in [-0.25, -0.2) is 0 Å². The summed E-state index contributed by atoms with van der Waals surface area (Å²) in [7, 11) is 0. The number of hydrogen-bond acceptors (Lipinski definition) is 0. The van der Waals surface area contributed by atoms with Crippen molar-refractivity contribution < 1.29 is 0 Å². The van der Waals surface area contributed by atoms with Crippen LogP contribution in [0.15, 0.2) is 54.6 Å². The first-order valence-electron chi connectivity index (χ1n) is 12.8. The maximum Gasteiger partial charge on any atom is -0.0146 e. The van der Waals surface area contributed by atoms with Crippen molar-refractivity contribution in [2.75, 3.05) is 0 Å². The molecule has 0 heteroatoms. The van der Waals surface area contributed by atoms with Crippen molar-refractivity contribution in [3.63, 3.8) is 0 Å². The van der Waals surface area contributed by atoms with Crippen molar-refractivity contribution in [1.82, 2.24) is 0 Å². The summed E-state index contributed by atoms with van der Waals surface area (Å²) in [6.07, 6.45) is 21.2. The fraction of sp³-hybridized carbons (Fsp3) is 0.533. The highest BCUT2D eigenvalue weighted by atomic mass is 14.1. The van der Waals surface area contributed by atoms with Crippen molar-refractivity contribution in [2.45, 2.75) is 103 Å². The molecule has 0 saturated carbocycles. The van der Waals surface area contributed by atoms with Gasteiger partial charge in [-0.05, 0) is 52.1 Å². The highest BCUT2D eigenvalue weighted by molar-refractivity contribution is 5.99. The summed E-state index contributed by atoms with van der Waals surface area (Å²) < 4.78 is 0. The summed E-state index contributed by atoms with van der Waals surface area (Å²) in [5, 5.41) is 5.54. The third kappa shape index (κ3) is 7.46. The Morgan fingerprint density at radius 1 is 0.467 bits per heavy atom. The standard InChI is InChI=1S/C30H42/c1-2-3-4-5-6-7-8-9-10-11-12-13-14-15-19-26-22-18-23-29-24-27-20-16-17-21-28(27)25-30(26)29/h16-18,20-25H,2-15,19H2,1H3. The van der Waals surface area contributed by atoms with Crippen LogP contribution in [-0.2, 0) is 6.42 Å². The molecule has 0 N–H and O–H groups in total. The summed E-state index contributed by atoms with van der Waals surface area (Å²) in [6.45, 7) is 2.30. The molecule has 0 nitrogen and oxygen atoms in total. The smallest absolute Gasteiger partial charge is 0.0146 e. The van der Waals surface area contributed by atoms with Crippen molar-refractivity contribution in [3.8, 4) is 0 Å². The lowest BCUT2D eigenvalue weighted by molar-refractivity contribution is 0.535. The molecule has 30 heavy (non-hydrogen) atoms. The Morgan fingerprint density at radius 3 is 1.57 bits per heavy atom. The number of fused-ring (bicyclic) bond motifs is 2. The Kier molecular flexibility index (Phi) is 10.3. The molecule has 0 aliphatic rings. The third-order valence-electron chi connectivity index (χ3n) is 6.64. The van der Waals surface area contributed by atoms with Gasteiger partial charge in [-0.15, -0.1) is 0 Å². The second kappa shape index (κ2) is 13.5. The fourth-order valence-corrected chi connectivity index (χ4v) is 4.76. The predicted octanol–water partition coefficient (Wildman–Crippen LogP) is 10.0. The highest BCUT2D eigenvalue weighted by Crippen LogP contribution is 2.26. The second-order valence-electron chi connectivity index (χ2n) is 9.18. The molecule has 0 aromatic heterocycles. The molecule has 3 aromatic rings. The quantitative estimate of drug-likeness (QED) is 0.175. The predicted molar refractivity (Wildman–Crippen MR) is 135 cm³/mol. The van der Waals surface area contributed by atoms with Crippen molar-refractivity contribution in [1.29, 1.82) is 0 Å². The minimum absolute atomic E-state index is 1.22. The summed E-state index contributed by atoms with van der Waals surface area (Å²) in [6, 6.07) is 20.3. The zero-order chi connectivity index (χ0) is 20.9. The molecule has 162 valence electrons. The Balaban J connectivity index is 1.28. The molecule has 0 atom stereocenters. The fourth-order valence-electron chi connectivity index (χ4n) is 4.76. The molecule has 3 aromatic carbocycles. The van der Waals surface area contributed by atoms with Crippen molar-refractivity contribution >= 4 is 21.5 Å². The third-order valence-corrected chi connectivity index (χ3v) is 6.64. The first kappa shape index (κ1) is 22.9. The lowest BCUT2D eigenvalue weighted by atomic mass is 9.96. The van der Waals surface area contributed by atoms with E-state index >= 15 is 0 Å². The van der Waals surface area contributed by atoms with Gasteiger partial charge < -0.3 is 0 Å². The van der Waals surface area contributed by atoms with Crippen LogP contribution in [0.2, 0.25) is 0 Å².